The van der Waals surface area contributed by atoms with Crippen LogP contribution in [0.25, 0.3) is 22.2 Å². The average Bonchev–Trinajstić information content (AvgIpc) is 3.33. The Balaban J connectivity index is 1.54. The summed E-state index contributed by atoms with van der Waals surface area (Å²) in [6.07, 6.45) is 4.24. The minimum Gasteiger partial charge on any atom is -0.354 e. The third-order valence-electron chi connectivity index (χ3n) is 5.85. The molecule has 0 saturated carbocycles. The van der Waals surface area contributed by atoms with E-state index in [0.29, 0.717) is 6.54 Å². The van der Waals surface area contributed by atoms with Crippen LogP contribution in [-0.4, -0.2) is 38.7 Å². The number of aryl methyl sites for hydroxylation is 2. The molecule has 1 aliphatic rings. The first-order chi connectivity index (χ1) is 14.5. The lowest BCUT2D eigenvalue weighted by Crippen LogP contribution is -2.38. The number of hydrogen-bond acceptors (Lipinski definition) is 3. The lowest BCUT2D eigenvalue weighted by Gasteiger charge is -2.27. The van der Waals surface area contributed by atoms with Crippen molar-refractivity contribution >= 4 is 28.5 Å². The Morgan fingerprint density at radius 1 is 1.20 bits per heavy atom. The number of aromatic nitrogens is 3. The summed E-state index contributed by atoms with van der Waals surface area (Å²) in [6.45, 7) is 5.45. The van der Waals surface area contributed by atoms with Crippen LogP contribution >= 0.6 is 0 Å². The van der Waals surface area contributed by atoms with E-state index in [4.69, 9.17) is 5.10 Å². The van der Waals surface area contributed by atoms with Gasteiger partial charge in [-0.2, -0.15) is 5.10 Å². The molecule has 1 unspecified atom stereocenters. The average molecular weight is 408 g/mol. The van der Waals surface area contributed by atoms with E-state index < -0.39 is 0 Å². The molecule has 0 spiro atoms. The summed E-state index contributed by atoms with van der Waals surface area (Å²) in [6, 6.07) is 10.4. The Labute approximate surface area is 176 Å². The largest absolute Gasteiger partial charge is 0.354 e. The van der Waals surface area contributed by atoms with Gasteiger partial charge in [0.2, 0.25) is 11.8 Å². The summed E-state index contributed by atoms with van der Waals surface area (Å²) in [5.41, 5.74) is 3.09. The van der Waals surface area contributed by atoms with E-state index in [1.807, 2.05) is 43.8 Å². The molecule has 2 amide bonds. The highest BCUT2D eigenvalue weighted by atomic mass is 16.2. The van der Waals surface area contributed by atoms with Crippen molar-refractivity contribution in [3.8, 4) is 11.3 Å². The molecule has 4 rings (SSSR count). The molecule has 0 aliphatic carbocycles. The summed E-state index contributed by atoms with van der Waals surface area (Å²) in [5, 5.41) is 8.86. The van der Waals surface area contributed by atoms with Gasteiger partial charge in [-0.15, -0.1) is 0 Å². The number of carbonyl (C=O) groups is 2. The number of hydrogen-bond donors (Lipinski definition) is 1. The number of rotatable bonds is 6. The molecule has 1 aromatic carbocycles. The van der Waals surface area contributed by atoms with Gasteiger partial charge < -0.3 is 9.88 Å². The van der Waals surface area contributed by atoms with Crippen molar-refractivity contribution in [1.82, 2.24) is 19.7 Å². The first-order valence-corrected chi connectivity index (χ1v) is 10.7. The molecule has 1 atom stereocenters. The summed E-state index contributed by atoms with van der Waals surface area (Å²) >= 11 is 0. The second-order valence-electron chi connectivity index (χ2n) is 8.06. The van der Waals surface area contributed by atoms with Crippen LogP contribution in [0.5, 0.6) is 0 Å². The molecule has 7 nitrogen and oxygen atoms in total. The van der Waals surface area contributed by atoms with Gasteiger partial charge in [-0.3, -0.25) is 14.5 Å². The first kappa shape index (κ1) is 20.2. The minimum atomic E-state index is -0.0698. The molecule has 0 saturated heterocycles. The van der Waals surface area contributed by atoms with Crippen molar-refractivity contribution in [2.45, 2.75) is 52.1 Å². The quantitative estimate of drug-likeness (QED) is 0.680. The predicted octanol–water partition coefficient (Wildman–Crippen LogP) is 3.47. The molecule has 3 heterocycles. The van der Waals surface area contributed by atoms with Crippen LogP contribution in [-0.2, 0) is 23.2 Å². The lowest BCUT2D eigenvalue weighted by molar-refractivity contribution is -0.125. The number of amides is 2. The zero-order valence-corrected chi connectivity index (χ0v) is 17.9. The van der Waals surface area contributed by atoms with Crippen molar-refractivity contribution in [3.63, 3.8) is 0 Å². The summed E-state index contributed by atoms with van der Waals surface area (Å²) in [5.74, 6) is 0.718. The van der Waals surface area contributed by atoms with E-state index in [2.05, 4.69) is 28.2 Å². The Hall–Kier alpha value is -3.09. The Kier molecular flexibility index (Phi) is 5.61. The molecule has 7 heteroatoms. The van der Waals surface area contributed by atoms with E-state index in [9.17, 15) is 9.59 Å². The molecule has 30 heavy (non-hydrogen) atoms. The third-order valence-corrected chi connectivity index (χ3v) is 5.85. The second-order valence-corrected chi connectivity index (χ2v) is 8.06. The molecule has 3 aromatic rings. The van der Waals surface area contributed by atoms with Gasteiger partial charge in [0.25, 0.3) is 0 Å². The molecule has 0 fully saturated rings. The van der Waals surface area contributed by atoms with Crippen molar-refractivity contribution < 1.29 is 9.59 Å². The minimum absolute atomic E-state index is 0.0281. The zero-order chi connectivity index (χ0) is 21.3. The van der Waals surface area contributed by atoms with Crippen LogP contribution in [0.2, 0.25) is 0 Å². The number of para-hydroxylation sites is 1. The predicted molar refractivity (Wildman–Crippen MR) is 118 cm³/mol. The number of fused-ring (bicyclic) bond motifs is 2. The maximum atomic E-state index is 12.9. The standard InChI is InChI=1S/C23H29N5O2/c1-4-16(2)24-21(29)10-11-23(30)27-12-7-13-28-22(27)14-19(25-28)18-15-26(3)20-9-6-5-8-17(18)20/h5-6,8-9,14-16H,4,7,10-13H2,1-3H3,(H,24,29). The van der Waals surface area contributed by atoms with E-state index in [0.717, 1.165) is 47.4 Å². The topological polar surface area (TPSA) is 72.2 Å². The van der Waals surface area contributed by atoms with Crippen LogP contribution in [0.4, 0.5) is 5.82 Å². The van der Waals surface area contributed by atoms with E-state index in [-0.39, 0.29) is 30.7 Å². The fraction of sp³-hybridized carbons (Fsp3) is 0.435. The fourth-order valence-corrected chi connectivity index (χ4v) is 4.02. The van der Waals surface area contributed by atoms with Crippen molar-refractivity contribution in [3.05, 3.63) is 36.5 Å². The molecular formula is C23H29N5O2. The monoisotopic (exact) mass is 407 g/mol. The van der Waals surface area contributed by atoms with Crippen LogP contribution < -0.4 is 10.2 Å². The molecule has 1 aliphatic heterocycles. The highest BCUT2D eigenvalue weighted by Crippen LogP contribution is 2.33. The highest BCUT2D eigenvalue weighted by Gasteiger charge is 2.26. The molecule has 158 valence electrons. The number of benzene rings is 1. The number of carbonyl (C=O) groups excluding carboxylic acids is 2. The second kappa shape index (κ2) is 8.34. The Bertz CT molecular complexity index is 1080. The summed E-state index contributed by atoms with van der Waals surface area (Å²) in [4.78, 5) is 26.7. The highest BCUT2D eigenvalue weighted by molar-refractivity contribution is 5.98. The van der Waals surface area contributed by atoms with Gasteiger partial charge in [0.15, 0.2) is 0 Å². The van der Waals surface area contributed by atoms with Gasteiger partial charge in [-0.05, 0) is 25.8 Å². The molecule has 2 aromatic heterocycles. The summed E-state index contributed by atoms with van der Waals surface area (Å²) < 4.78 is 4.01. The molecule has 0 bridgehead atoms. The molecular weight excluding hydrogens is 378 g/mol. The SMILES string of the molecule is CCC(C)NC(=O)CCC(=O)N1CCCn2nc(-c3cn(C)c4ccccc34)cc21. The van der Waals surface area contributed by atoms with Gasteiger partial charge in [0.1, 0.15) is 5.82 Å². The van der Waals surface area contributed by atoms with Gasteiger partial charge in [0.05, 0.1) is 5.69 Å². The summed E-state index contributed by atoms with van der Waals surface area (Å²) in [7, 11) is 2.03. The lowest BCUT2D eigenvalue weighted by atomic mass is 10.1. The van der Waals surface area contributed by atoms with Crippen LogP contribution in [0.1, 0.15) is 39.5 Å². The van der Waals surface area contributed by atoms with Crippen molar-refractivity contribution in [2.75, 3.05) is 11.4 Å². The first-order valence-electron chi connectivity index (χ1n) is 10.7. The van der Waals surface area contributed by atoms with Gasteiger partial charge >= 0.3 is 0 Å². The van der Waals surface area contributed by atoms with Gasteiger partial charge in [-0.1, -0.05) is 25.1 Å². The van der Waals surface area contributed by atoms with E-state index >= 15 is 0 Å². The smallest absolute Gasteiger partial charge is 0.228 e. The Morgan fingerprint density at radius 2 is 2.00 bits per heavy atom. The van der Waals surface area contributed by atoms with Gasteiger partial charge in [0, 0.05) is 67.8 Å². The van der Waals surface area contributed by atoms with Crippen molar-refractivity contribution in [2.24, 2.45) is 7.05 Å². The zero-order valence-electron chi connectivity index (χ0n) is 17.9. The Morgan fingerprint density at radius 3 is 2.80 bits per heavy atom. The fourth-order valence-electron chi connectivity index (χ4n) is 4.02. The maximum Gasteiger partial charge on any atom is 0.228 e. The van der Waals surface area contributed by atoms with Gasteiger partial charge in [-0.25, -0.2) is 4.68 Å². The van der Waals surface area contributed by atoms with Crippen LogP contribution in [0.3, 0.4) is 0 Å². The van der Waals surface area contributed by atoms with Crippen molar-refractivity contribution in [1.29, 1.82) is 0 Å². The molecule has 0 radical (unpaired) electrons. The maximum absolute atomic E-state index is 12.9. The van der Waals surface area contributed by atoms with Crippen LogP contribution in [0, 0.1) is 0 Å². The van der Waals surface area contributed by atoms with Crippen LogP contribution in [0.15, 0.2) is 36.5 Å². The third kappa shape index (κ3) is 3.84. The van der Waals surface area contributed by atoms with E-state index in [1.54, 1.807) is 4.90 Å². The number of nitrogens with zero attached hydrogens (tertiary/aromatic N) is 4. The normalized spacial score (nSPS) is 14.6. The number of anilines is 1. The number of nitrogens with one attached hydrogen (secondary N) is 1. The molecule has 1 N–H and O–H groups in total. The van der Waals surface area contributed by atoms with E-state index in [1.165, 1.54) is 0 Å².